The summed E-state index contributed by atoms with van der Waals surface area (Å²) in [6.45, 7) is 3.72. The molecule has 8 heteroatoms. The van der Waals surface area contributed by atoms with E-state index in [2.05, 4.69) is 10.4 Å². The average molecular weight is 434 g/mol. The van der Waals surface area contributed by atoms with Crippen molar-refractivity contribution in [1.82, 2.24) is 9.78 Å². The predicted molar refractivity (Wildman–Crippen MR) is 116 cm³/mol. The third-order valence-electron chi connectivity index (χ3n) is 5.51. The van der Waals surface area contributed by atoms with Gasteiger partial charge in [-0.25, -0.2) is 8.42 Å². The van der Waals surface area contributed by atoms with Crippen LogP contribution < -0.4 is 5.32 Å². The topological polar surface area (TPSA) is 101 Å². The molecule has 1 heterocycles. The average Bonchev–Trinajstić information content (AvgIpc) is 3.29. The van der Waals surface area contributed by atoms with Gasteiger partial charge >= 0.3 is 0 Å². The van der Waals surface area contributed by atoms with Crippen LogP contribution in [0.4, 0.5) is 5.82 Å². The first-order valence-electron chi connectivity index (χ1n) is 10.4. The molecule has 164 valence electrons. The van der Waals surface area contributed by atoms with E-state index in [0.29, 0.717) is 18.3 Å². The highest BCUT2D eigenvalue weighted by Crippen LogP contribution is 2.35. The second-order valence-electron chi connectivity index (χ2n) is 8.98. The highest BCUT2D eigenvalue weighted by molar-refractivity contribution is 7.90. The number of sulfone groups is 1. The number of nitrogens with one attached hydrogen (secondary N) is 1. The zero-order valence-electron chi connectivity index (χ0n) is 17.8. The molecule has 0 saturated heterocycles. The van der Waals surface area contributed by atoms with Gasteiger partial charge in [-0.2, -0.15) is 5.10 Å². The number of amides is 1. The van der Waals surface area contributed by atoms with E-state index in [1.165, 1.54) is 19.1 Å². The molecule has 30 heavy (non-hydrogen) atoms. The van der Waals surface area contributed by atoms with Crippen molar-refractivity contribution in [1.29, 1.82) is 0 Å². The van der Waals surface area contributed by atoms with Crippen molar-refractivity contribution in [2.75, 3.05) is 11.6 Å². The summed E-state index contributed by atoms with van der Waals surface area (Å²) in [5, 5.41) is 17.2. The van der Waals surface area contributed by atoms with E-state index in [-0.39, 0.29) is 16.7 Å². The summed E-state index contributed by atoms with van der Waals surface area (Å²) >= 11 is 0. The molecular formula is C22H31N3O4S. The monoisotopic (exact) mass is 433 g/mol. The van der Waals surface area contributed by atoms with Crippen LogP contribution in [0.25, 0.3) is 0 Å². The molecule has 2 aromatic rings. The number of rotatable bonds is 8. The van der Waals surface area contributed by atoms with Crippen LogP contribution in [0.3, 0.4) is 0 Å². The summed E-state index contributed by atoms with van der Waals surface area (Å²) < 4.78 is 25.1. The maximum atomic E-state index is 13.1. The number of hydrogen-bond acceptors (Lipinski definition) is 5. The van der Waals surface area contributed by atoms with Crippen LogP contribution >= 0.6 is 0 Å². The molecule has 1 unspecified atom stereocenters. The van der Waals surface area contributed by atoms with Gasteiger partial charge in [0.2, 0.25) is 5.91 Å². The lowest BCUT2D eigenvalue weighted by molar-refractivity contribution is -0.118. The van der Waals surface area contributed by atoms with Crippen LogP contribution in [0.1, 0.15) is 57.4 Å². The normalized spacial score (nSPS) is 16.5. The number of aromatic nitrogens is 2. The van der Waals surface area contributed by atoms with Gasteiger partial charge in [0.05, 0.1) is 23.0 Å². The SMILES string of the molecule is CC(C)(O)Cn1ccc(NC(=O)C(CC2CCCC2)c2ccc(S(C)(=O)=O)cc2)n1. The van der Waals surface area contributed by atoms with Gasteiger partial charge in [0.25, 0.3) is 0 Å². The number of aliphatic hydroxyl groups is 1. The quantitative estimate of drug-likeness (QED) is 0.665. The van der Waals surface area contributed by atoms with E-state index in [4.69, 9.17) is 0 Å². The third-order valence-corrected chi connectivity index (χ3v) is 6.64. The minimum Gasteiger partial charge on any atom is -0.389 e. The smallest absolute Gasteiger partial charge is 0.233 e. The number of anilines is 1. The fraction of sp³-hybridized carbons (Fsp3) is 0.545. The van der Waals surface area contributed by atoms with Gasteiger partial charge in [-0.15, -0.1) is 0 Å². The maximum Gasteiger partial charge on any atom is 0.233 e. The van der Waals surface area contributed by atoms with Gasteiger partial charge in [0.15, 0.2) is 15.7 Å². The standard InChI is InChI=1S/C22H31N3O4S/c1-22(2,27)15-25-13-12-20(24-25)23-21(26)19(14-16-6-4-5-7-16)17-8-10-18(11-9-17)30(3,28)29/h8-13,16,19,27H,4-7,14-15H2,1-3H3,(H,23,24,26). The zero-order chi connectivity index (χ0) is 21.9. The van der Waals surface area contributed by atoms with Crippen LogP contribution in [0.15, 0.2) is 41.4 Å². The minimum absolute atomic E-state index is 0.150. The molecule has 0 radical (unpaired) electrons. The molecule has 1 aliphatic carbocycles. The van der Waals surface area contributed by atoms with Gasteiger partial charge in [-0.05, 0) is 43.9 Å². The van der Waals surface area contributed by atoms with E-state index in [9.17, 15) is 18.3 Å². The Labute approximate surface area is 178 Å². The van der Waals surface area contributed by atoms with Gasteiger partial charge in [0, 0.05) is 18.5 Å². The minimum atomic E-state index is -3.28. The van der Waals surface area contributed by atoms with Gasteiger partial charge < -0.3 is 10.4 Å². The lowest BCUT2D eigenvalue weighted by Gasteiger charge is -2.20. The van der Waals surface area contributed by atoms with Crippen LogP contribution in [-0.2, 0) is 21.2 Å². The Hall–Kier alpha value is -2.19. The zero-order valence-corrected chi connectivity index (χ0v) is 18.7. The second kappa shape index (κ2) is 8.89. The van der Waals surface area contributed by atoms with Crippen molar-refractivity contribution < 1.29 is 18.3 Å². The lowest BCUT2D eigenvalue weighted by Crippen LogP contribution is -2.27. The molecule has 1 atom stereocenters. The first kappa shape index (κ1) is 22.5. The second-order valence-corrected chi connectivity index (χ2v) is 11.0. The van der Waals surface area contributed by atoms with E-state index in [1.807, 2.05) is 0 Å². The number of carbonyl (C=O) groups excluding carboxylic acids is 1. The lowest BCUT2D eigenvalue weighted by atomic mass is 9.87. The summed E-state index contributed by atoms with van der Waals surface area (Å²) in [6, 6.07) is 8.32. The van der Waals surface area contributed by atoms with Crippen LogP contribution in [0.2, 0.25) is 0 Å². The molecule has 2 N–H and O–H groups in total. The van der Waals surface area contributed by atoms with Crippen LogP contribution in [-0.4, -0.2) is 41.1 Å². The van der Waals surface area contributed by atoms with Gasteiger partial charge in [-0.1, -0.05) is 37.8 Å². The Morgan fingerprint density at radius 2 is 1.87 bits per heavy atom. The first-order chi connectivity index (χ1) is 14.0. The van der Waals surface area contributed by atoms with Crippen LogP contribution in [0, 0.1) is 5.92 Å². The Morgan fingerprint density at radius 1 is 1.23 bits per heavy atom. The largest absolute Gasteiger partial charge is 0.389 e. The van der Waals surface area contributed by atoms with Crippen molar-refractivity contribution in [2.24, 2.45) is 5.92 Å². The molecule has 1 aliphatic rings. The third kappa shape index (κ3) is 6.15. The molecule has 1 fully saturated rings. The molecular weight excluding hydrogens is 402 g/mol. The molecule has 1 aromatic heterocycles. The molecule has 0 aliphatic heterocycles. The number of hydrogen-bond donors (Lipinski definition) is 2. The maximum absolute atomic E-state index is 13.1. The predicted octanol–water partition coefficient (Wildman–Crippen LogP) is 3.36. The van der Waals surface area contributed by atoms with Gasteiger partial charge in [-0.3, -0.25) is 9.48 Å². The molecule has 1 amide bonds. The molecule has 1 aromatic carbocycles. The number of carbonyl (C=O) groups is 1. The molecule has 1 saturated carbocycles. The molecule has 3 rings (SSSR count). The summed E-state index contributed by atoms with van der Waals surface area (Å²) in [4.78, 5) is 13.4. The Kier molecular flexibility index (Phi) is 6.67. The van der Waals surface area contributed by atoms with Crippen LogP contribution in [0.5, 0.6) is 0 Å². The molecule has 7 nitrogen and oxygen atoms in total. The summed E-state index contributed by atoms with van der Waals surface area (Å²) in [5.74, 6) is 0.403. The van der Waals surface area contributed by atoms with Gasteiger partial charge in [0.1, 0.15) is 0 Å². The molecule has 0 spiro atoms. The highest BCUT2D eigenvalue weighted by Gasteiger charge is 2.27. The van der Waals surface area contributed by atoms with Crippen molar-refractivity contribution >= 4 is 21.6 Å². The Bertz CT molecular complexity index is 969. The van der Waals surface area contributed by atoms with Crippen molar-refractivity contribution in [3.05, 3.63) is 42.1 Å². The van der Waals surface area contributed by atoms with E-state index in [0.717, 1.165) is 24.8 Å². The fourth-order valence-corrected chi connectivity index (χ4v) is 4.68. The van der Waals surface area contributed by atoms with Crippen molar-refractivity contribution in [2.45, 2.75) is 68.9 Å². The fourth-order valence-electron chi connectivity index (χ4n) is 4.05. The molecule has 0 bridgehead atoms. The first-order valence-corrected chi connectivity index (χ1v) is 12.3. The summed E-state index contributed by atoms with van der Waals surface area (Å²) in [5.41, 5.74) is -0.0950. The number of benzene rings is 1. The Balaban J connectivity index is 1.78. The highest BCUT2D eigenvalue weighted by atomic mass is 32.2. The number of nitrogens with zero attached hydrogens (tertiary/aromatic N) is 2. The van der Waals surface area contributed by atoms with E-state index >= 15 is 0 Å². The van der Waals surface area contributed by atoms with Crippen molar-refractivity contribution in [3.8, 4) is 0 Å². The van der Waals surface area contributed by atoms with E-state index < -0.39 is 15.4 Å². The Morgan fingerprint density at radius 3 is 2.43 bits per heavy atom. The summed E-state index contributed by atoms with van der Waals surface area (Å²) in [7, 11) is -3.28. The summed E-state index contributed by atoms with van der Waals surface area (Å²) in [6.07, 6.45) is 8.24. The van der Waals surface area contributed by atoms with Crippen molar-refractivity contribution in [3.63, 3.8) is 0 Å². The van der Waals surface area contributed by atoms with E-state index in [1.54, 1.807) is 55.1 Å².